The van der Waals surface area contributed by atoms with Crippen molar-refractivity contribution >= 4 is 29.1 Å². The maximum absolute atomic E-state index is 6.62. The topological polar surface area (TPSA) is 39.4 Å². The van der Waals surface area contributed by atoms with Crippen molar-refractivity contribution in [1.29, 1.82) is 0 Å². The van der Waals surface area contributed by atoms with Gasteiger partial charge in [0.25, 0.3) is 0 Å². The van der Waals surface area contributed by atoms with E-state index in [1.165, 1.54) is 0 Å². The summed E-state index contributed by atoms with van der Waals surface area (Å²) in [7, 11) is 1.66. The SMILES string of the molecule is COc1ccc(-c2nc3nc(C)ccn3c2-c2ccc(SC(C)C)c(Cl)c2)cc1. The van der Waals surface area contributed by atoms with Gasteiger partial charge in [-0.3, -0.25) is 4.40 Å². The highest BCUT2D eigenvalue weighted by Gasteiger charge is 2.18. The van der Waals surface area contributed by atoms with Crippen molar-refractivity contribution in [3.8, 4) is 28.3 Å². The Bertz CT molecular complexity index is 1170. The normalized spacial score (nSPS) is 11.4. The molecule has 0 aliphatic rings. The molecule has 0 spiro atoms. The number of thioether (sulfide) groups is 1. The van der Waals surface area contributed by atoms with Crippen molar-refractivity contribution < 1.29 is 4.74 Å². The second-order valence-electron chi connectivity index (χ2n) is 7.09. The minimum Gasteiger partial charge on any atom is -0.497 e. The largest absolute Gasteiger partial charge is 0.497 e. The number of hydrogen-bond acceptors (Lipinski definition) is 4. The molecule has 4 rings (SSSR count). The first kappa shape index (κ1) is 19.8. The molecule has 0 radical (unpaired) electrons. The second-order valence-corrected chi connectivity index (χ2v) is 9.11. The Labute approximate surface area is 179 Å². The summed E-state index contributed by atoms with van der Waals surface area (Å²) < 4.78 is 7.32. The first-order valence-electron chi connectivity index (χ1n) is 9.43. The number of hydrogen-bond donors (Lipinski definition) is 0. The zero-order chi connectivity index (χ0) is 20.5. The molecule has 0 amide bonds. The first-order chi connectivity index (χ1) is 14.0. The van der Waals surface area contributed by atoms with E-state index in [1.807, 2.05) is 53.9 Å². The molecule has 0 saturated heterocycles. The lowest BCUT2D eigenvalue weighted by molar-refractivity contribution is 0.415. The maximum Gasteiger partial charge on any atom is 0.235 e. The molecular weight excluding hydrogens is 402 g/mol. The predicted octanol–water partition coefficient (Wildman–Crippen LogP) is 6.53. The summed E-state index contributed by atoms with van der Waals surface area (Å²) in [5.41, 5.74) is 4.77. The van der Waals surface area contributed by atoms with E-state index in [-0.39, 0.29) is 0 Å². The highest BCUT2D eigenvalue weighted by atomic mass is 35.5. The van der Waals surface area contributed by atoms with Crippen LogP contribution in [0.4, 0.5) is 0 Å². The van der Waals surface area contributed by atoms with Crippen LogP contribution in [0.5, 0.6) is 5.75 Å². The van der Waals surface area contributed by atoms with Gasteiger partial charge in [-0.25, -0.2) is 9.97 Å². The monoisotopic (exact) mass is 423 g/mol. The Morgan fingerprint density at radius 2 is 1.72 bits per heavy atom. The lowest BCUT2D eigenvalue weighted by atomic mass is 10.0. The van der Waals surface area contributed by atoms with Gasteiger partial charge in [0.05, 0.1) is 23.5 Å². The van der Waals surface area contributed by atoms with Crippen LogP contribution in [-0.2, 0) is 0 Å². The van der Waals surface area contributed by atoms with Crippen molar-refractivity contribution in [2.24, 2.45) is 0 Å². The molecule has 0 fully saturated rings. The molecule has 0 N–H and O–H groups in total. The minimum atomic E-state index is 0.469. The smallest absolute Gasteiger partial charge is 0.235 e. The minimum absolute atomic E-state index is 0.469. The van der Waals surface area contributed by atoms with E-state index >= 15 is 0 Å². The molecule has 0 saturated carbocycles. The summed E-state index contributed by atoms with van der Waals surface area (Å²) >= 11 is 8.38. The molecule has 6 heteroatoms. The summed E-state index contributed by atoms with van der Waals surface area (Å²) in [6.07, 6.45) is 2.01. The van der Waals surface area contributed by atoms with Crippen LogP contribution in [0.1, 0.15) is 19.5 Å². The molecule has 4 nitrogen and oxygen atoms in total. The summed E-state index contributed by atoms with van der Waals surface area (Å²) in [5.74, 6) is 1.48. The average molecular weight is 424 g/mol. The highest BCUT2D eigenvalue weighted by Crippen LogP contribution is 2.37. The quantitative estimate of drug-likeness (QED) is 0.342. The molecule has 2 heterocycles. The summed E-state index contributed by atoms with van der Waals surface area (Å²) in [4.78, 5) is 10.5. The first-order valence-corrected chi connectivity index (χ1v) is 10.7. The maximum atomic E-state index is 6.62. The van der Waals surface area contributed by atoms with Crippen LogP contribution < -0.4 is 4.74 Å². The van der Waals surface area contributed by atoms with Gasteiger partial charge in [-0.2, -0.15) is 0 Å². The van der Waals surface area contributed by atoms with Gasteiger partial charge in [0, 0.05) is 33.2 Å². The third kappa shape index (κ3) is 3.98. The van der Waals surface area contributed by atoms with Crippen molar-refractivity contribution in [1.82, 2.24) is 14.4 Å². The number of aromatic nitrogens is 3. The zero-order valence-electron chi connectivity index (χ0n) is 16.8. The molecule has 0 atom stereocenters. The summed E-state index contributed by atoms with van der Waals surface area (Å²) in [6, 6.07) is 16.1. The molecule has 0 bridgehead atoms. The van der Waals surface area contributed by atoms with E-state index in [2.05, 4.69) is 31.0 Å². The Morgan fingerprint density at radius 3 is 2.38 bits per heavy atom. The van der Waals surface area contributed by atoms with Crippen LogP contribution in [0, 0.1) is 6.92 Å². The van der Waals surface area contributed by atoms with Crippen LogP contribution >= 0.6 is 23.4 Å². The van der Waals surface area contributed by atoms with E-state index < -0.39 is 0 Å². The number of methoxy groups -OCH3 is 1. The van der Waals surface area contributed by atoms with Crippen molar-refractivity contribution in [2.45, 2.75) is 30.9 Å². The fourth-order valence-electron chi connectivity index (χ4n) is 3.24. The van der Waals surface area contributed by atoms with Gasteiger partial charge in [-0.1, -0.05) is 31.5 Å². The number of aryl methyl sites for hydroxylation is 1. The third-order valence-corrected chi connectivity index (χ3v) is 6.07. The van der Waals surface area contributed by atoms with Gasteiger partial charge in [0.2, 0.25) is 5.78 Å². The summed E-state index contributed by atoms with van der Waals surface area (Å²) in [5, 5.41) is 1.22. The fourth-order valence-corrected chi connectivity index (χ4v) is 4.38. The number of ether oxygens (including phenoxy) is 1. The van der Waals surface area contributed by atoms with Gasteiger partial charge in [0.1, 0.15) is 5.75 Å². The van der Waals surface area contributed by atoms with Crippen LogP contribution in [0.3, 0.4) is 0 Å². The van der Waals surface area contributed by atoms with Crippen LogP contribution in [0.15, 0.2) is 59.6 Å². The van der Waals surface area contributed by atoms with Gasteiger partial charge in [-0.15, -0.1) is 11.8 Å². The van der Waals surface area contributed by atoms with Crippen molar-refractivity contribution in [2.75, 3.05) is 7.11 Å². The molecule has 0 aliphatic carbocycles. The molecule has 0 unspecified atom stereocenters. The van der Waals surface area contributed by atoms with E-state index in [0.29, 0.717) is 11.0 Å². The van der Waals surface area contributed by atoms with Gasteiger partial charge in [-0.05, 0) is 49.4 Å². The number of fused-ring (bicyclic) bond motifs is 1. The van der Waals surface area contributed by atoms with Crippen LogP contribution in [-0.4, -0.2) is 26.7 Å². The van der Waals surface area contributed by atoms with Gasteiger partial charge < -0.3 is 4.74 Å². The van der Waals surface area contributed by atoms with E-state index in [4.69, 9.17) is 21.3 Å². The number of nitrogens with zero attached hydrogens (tertiary/aromatic N) is 3. The molecule has 2 aromatic heterocycles. The van der Waals surface area contributed by atoms with E-state index in [9.17, 15) is 0 Å². The highest BCUT2D eigenvalue weighted by molar-refractivity contribution is 8.00. The van der Waals surface area contributed by atoms with Crippen LogP contribution in [0.2, 0.25) is 5.02 Å². The molecule has 0 aliphatic heterocycles. The number of rotatable bonds is 5. The van der Waals surface area contributed by atoms with Crippen molar-refractivity contribution in [3.05, 3.63) is 65.4 Å². The number of halogens is 1. The van der Waals surface area contributed by atoms with Gasteiger partial charge >= 0.3 is 0 Å². The Balaban J connectivity index is 1.91. The fraction of sp³-hybridized carbons (Fsp3) is 0.217. The molecule has 4 aromatic rings. The zero-order valence-corrected chi connectivity index (χ0v) is 18.4. The molecule has 2 aromatic carbocycles. The Kier molecular flexibility index (Phi) is 5.52. The standard InChI is InChI=1S/C23H22ClN3OS/c1-14(2)29-20-10-7-17(13-19(20)24)22-21(16-5-8-18(28-4)9-6-16)26-23-25-15(3)11-12-27(22)23/h5-14H,1-4H3. The van der Waals surface area contributed by atoms with Crippen LogP contribution in [0.25, 0.3) is 28.3 Å². The average Bonchev–Trinajstić information content (AvgIpc) is 3.07. The van der Waals surface area contributed by atoms with E-state index in [0.717, 1.165) is 43.9 Å². The Hall–Kier alpha value is -2.50. The molecule has 29 heavy (non-hydrogen) atoms. The lowest BCUT2D eigenvalue weighted by Crippen LogP contribution is -1.93. The van der Waals surface area contributed by atoms with Gasteiger partial charge in [0.15, 0.2) is 0 Å². The second kappa shape index (κ2) is 8.09. The molecule has 148 valence electrons. The van der Waals surface area contributed by atoms with E-state index in [1.54, 1.807) is 18.9 Å². The van der Waals surface area contributed by atoms with Crippen molar-refractivity contribution in [3.63, 3.8) is 0 Å². The summed E-state index contributed by atoms with van der Waals surface area (Å²) in [6.45, 7) is 6.29. The Morgan fingerprint density at radius 1 is 1.00 bits per heavy atom. The number of imidazole rings is 1. The lowest BCUT2D eigenvalue weighted by Gasteiger charge is -2.11. The number of benzene rings is 2. The third-order valence-electron chi connectivity index (χ3n) is 4.57. The predicted molar refractivity (Wildman–Crippen MR) is 121 cm³/mol. The molecular formula is C23H22ClN3OS.